The lowest BCUT2D eigenvalue weighted by molar-refractivity contribution is -0.0619. The molecule has 0 atom stereocenters. The molecule has 0 aromatic heterocycles. The Morgan fingerprint density at radius 3 is 1.62 bits per heavy atom. The highest BCUT2D eigenvalue weighted by atomic mass is 32.2. The summed E-state index contributed by atoms with van der Waals surface area (Å²) in [6.45, 7) is 0. The standard InChI is InChI=1S/C2H2F6O3SSi/c3-1(4,5)12(9,10)11-13-2(6,7)8/h13H2. The van der Waals surface area contributed by atoms with Crippen molar-refractivity contribution in [3.8, 4) is 0 Å². The summed E-state index contributed by atoms with van der Waals surface area (Å²) in [5.74, 6) is -4.99. The zero-order valence-electron chi connectivity index (χ0n) is 5.61. The maximum atomic E-state index is 11.4. The van der Waals surface area contributed by atoms with E-state index in [4.69, 9.17) is 0 Å². The Hall–Kier alpha value is -0.293. The van der Waals surface area contributed by atoms with Crippen LogP contribution in [-0.4, -0.2) is 29.5 Å². The average molecular weight is 248 g/mol. The first kappa shape index (κ1) is 12.7. The Morgan fingerprint density at radius 1 is 1.00 bits per heavy atom. The first-order valence-electron chi connectivity index (χ1n) is 2.48. The Labute approximate surface area is 70.7 Å². The largest absolute Gasteiger partial charge is 0.522 e. The van der Waals surface area contributed by atoms with Gasteiger partial charge in [-0.05, 0) is 0 Å². The molecular formula is C2H2F6O3SSi. The van der Waals surface area contributed by atoms with Crippen molar-refractivity contribution in [3.05, 3.63) is 0 Å². The van der Waals surface area contributed by atoms with Crippen molar-refractivity contribution >= 4 is 19.9 Å². The third-order valence-corrected chi connectivity index (χ3v) is 3.27. The lowest BCUT2D eigenvalue weighted by atomic mass is 11.5. The molecule has 0 aliphatic carbocycles. The van der Waals surface area contributed by atoms with E-state index in [1.807, 2.05) is 0 Å². The SMILES string of the molecule is O=S(=O)(O[SiH2]C(F)(F)F)C(F)(F)F. The van der Waals surface area contributed by atoms with Gasteiger partial charge < -0.3 is 3.87 Å². The molecule has 0 heterocycles. The topological polar surface area (TPSA) is 43.4 Å². The lowest BCUT2D eigenvalue weighted by Gasteiger charge is -2.09. The summed E-state index contributed by atoms with van der Waals surface area (Å²) in [5, 5.41) is 0. The van der Waals surface area contributed by atoms with E-state index >= 15 is 0 Å². The van der Waals surface area contributed by atoms with E-state index in [2.05, 4.69) is 3.87 Å². The highest BCUT2D eigenvalue weighted by Crippen LogP contribution is 2.25. The van der Waals surface area contributed by atoms with E-state index in [0.29, 0.717) is 0 Å². The third-order valence-electron chi connectivity index (χ3n) is 0.661. The molecule has 0 saturated carbocycles. The summed E-state index contributed by atoms with van der Waals surface area (Å²) in [7, 11) is -9.83. The molecule has 0 N–H and O–H groups in total. The van der Waals surface area contributed by atoms with Gasteiger partial charge in [0.15, 0.2) is 0 Å². The van der Waals surface area contributed by atoms with Crippen LogP contribution in [-0.2, 0) is 14.0 Å². The molecule has 0 aromatic carbocycles. The zero-order chi connectivity index (χ0) is 10.9. The minimum Gasteiger partial charge on any atom is -0.305 e. The van der Waals surface area contributed by atoms with Crippen LogP contribution in [0.3, 0.4) is 0 Å². The van der Waals surface area contributed by atoms with Gasteiger partial charge in [0.2, 0.25) is 0 Å². The first-order chi connectivity index (χ1) is 5.46. The van der Waals surface area contributed by atoms with E-state index < -0.39 is 31.2 Å². The van der Waals surface area contributed by atoms with Gasteiger partial charge in [0.1, 0.15) is 0 Å². The quantitative estimate of drug-likeness (QED) is 0.405. The fourth-order valence-corrected chi connectivity index (χ4v) is 1.90. The van der Waals surface area contributed by atoms with Gasteiger partial charge in [0.05, 0.1) is 0 Å². The summed E-state index contributed by atoms with van der Waals surface area (Å²) in [6.07, 6.45) is 0. The van der Waals surface area contributed by atoms with Crippen LogP contribution >= 0.6 is 0 Å². The molecular weight excluding hydrogens is 246 g/mol. The fourth-order valence-electron chi connectivity index (χ4n) is 0.211. The summed E-state index contributed by atoms with van der Waals surface area (Å²) in [6, 6.07) is 0. The van der Waals surface area contributed by atoms with Crippen molar-refractivity contribution in [2.45, 2.75) is 11.3 Å². The summed E-state index contributed by atoms with van der Waals surface area (Å²) in [4.78, 5) is 0. The van der Waals surface area contributed by atoms with E-state index in [1.54, 1.807) is 0 Å². The second-order valence-electron chi connectivity index (χ2n) is 1.78. The molecule has 0 bridgehead atoms. The van der Waals surface area contributed by atoms with Crippen molar-refractivity contribution in [1.82, 2.24) is 0 Å². The Kier molecular flexibility index (Phi) is 3.38. The molecule has 0 rings (SSSR count). The lowest BCUT2D eigenvalue weighted by Crippen LogP contribution is -2.32. The summed E-state index contributed by atoms with van der Waals surface area (Å²) < 4.78 is 90.5. The van der Waals surface area contributed by atoms with Gasteiger partial charge in [-0.1, -0.05) is 0 Å². The maximum absolute atomic E-state index is 11.4. The number of alkyl halides is 6. The van der Waals surface area contributed by atoms with Gasteiger partial charge in [-0.2, -0.15) is 34.8 Å². The van der Waals surface area contributed by atoms with Crippen molar-refractivity contribution in [3.63, 3.8) is 0 Å². The van der Waals surface area contributed by atoms with Crippen LogP contribution in [0.5, 0.6) is 0 Å². The molecule has 0 amide bonds. The summed E-state index contributed by atoms with van der Waals surface area (Å²) in [5.41, 5.74) is -5.80. The van der Waals surface area contributed by atoms with E-state index in [-0.39, 0.29) is 0 Å². The molecule has 0 aromatic rings. The molecule has 0 aliphatic heterocycles. The number of halogens is 6. The minimum atomic E-state index is -6.09. The second kappa shape index (κ2) is 3.46. The van der Waals surface area contributed by atoms with E-state index in [1.165, 1.54) is 0 Å². The normalized spacial score (nSPS) is 15.5. The highest BCUT2D eigenvalue weighted by molar-refractivity contribution is 7.88. The molecule has 13 heavy (non-hydrogen) atoms. The number of hydrogen-bond donors (Lipinski definition) is 0. The van der Waals surface area contributed by atoms with E-state index in [0.717, 1.165) is 0 Å². The van der Waals surface area contributed by atoms with Gasteiger partial charge >= 0.3 is 31.2 Å². The van der Waals surface area contributed by atoms with Crippen molar-refractivity contribution in [2.24, 2.45) is 0 Å². The van der Waals surface area contributed by atoms with Crippen LogP contribution in [0.15, 0.2) is 0 Å². The number of rotatable bonds is 2. The molecule has 0 radical (unpaired) electrons. The van der Waals surface area contributed by atoms with Crippen LogP contribution in [0, 0.1) is 0 Å². The fraction of sp³-hybridized carbons (Fsp3) is 1.00. The monoisotopic (exact) mass is 248 g/mol. The molecule has 0 unspecified atom stereocenters. The number of hydrogen-bond acceptors (Lipinski definition) is 3. The average Bonchev–Trinajstić information content (AvgIpc) is 1.79. The molecule has 3 nitrogen and oxygen atoms in total. The van der Waals surface area contributed by atoms with Crippen LogP contribution in [0.4, 0.5) is 26.3 Å². The first-order valence-corrected chi connectivity index (χ1v) is 5.17. The smallest absolute Gasteiger partial charge is 0.305 e. The Bertz CT molecular complexity index is 263. The van der Waals surface area contributed by atoms with Crippen molar-refractivity contribution in [1.29, 1.82) is 0 Å². The van der Waals surface area contributed by atoms with Crippen LogP contribution in [0.1, 0.15) is 0 Å². The van der Waals surface area contributed by atoms with Gasteiger partial charge in [0, 0.05) is 0 Å². The van der Waals surface area contributed by atoms with Crippen LogP contribution in [0.2, 0.25) is 0 Å². The van der Waals surface area contributed by atoms with Crippen LogP contribution < -0.4 is 0 Å². The predicted molar refractivity (Wildman–Crippen MR) is 30.7 cm³/mol. The predicted octanol–water partition coefficient (Wildman–Crippen LogP) is 0.456. The molecule has 0 saturated heterocycles. The Morgan fingerprint density at radius 2 is 1.38 bits per heavy atom. The van der Waals surface area contributed by atoms with Gasteiger partial charge in [-0.3, -0.25) is 0 Å². The highest BCUT2D eigenvalue weighted by Gasteiger charge is 2.49. The van der Waals surface area contributed by atoms with E-state index in [9.17, 15) is 34.8 Å². The molecule has 0 fully saturated rings. The molecule has 11 heteroatoms. The zero-order valence-corrected chi connectivity index (χ0v) is 7.84. The molecule has 0 aliphatic rings. The van der Waals surface area contributed by atoms with Gasteiger partial charge in [-0.15, -0.1) is 0 Å². The third kappa shape index (κ3) is 4.47. The van der Waals surface area contributed by atoms with Gasteiger partial charge in [0.25, 0.3) is 0 Å². The van der Waals surface area contributed by atoms with Crippen LogP contribution in [0.25, 0.3) is 0 Å². The maximum Gasteiger partial charge on any atom is 0.522 e. The minimum absolute atomic E-state index is 2.82. The Balaban J connectivity index is 4.40. The van der Waals surface area contributed by atoms with Crippen molar-refractivity contribution < 1.29 is 38.6 Å². The molecule has 80 valence electrons. The molecule has 0 spiro atoms. The second-order valence-corrected chi connectivity index (χ2v) is 5.18. The van der Waals surface area contributed by atoms with Crippen molar-refractivity contribution in [2.75, 3.05) is 0 Å². The van der Waals surface area contributed by atoms with Gasteiger partial charge in [-0.25, -0.2) is 0 Å². The summed E-state index contributed by atoms with van der Waals surface area (Å²) >= 11 is 0.